The second kappa shape index (κ2) is 43.0. The molecule has 0 rings (SSSR count). The first-order valence-corrected chi connectivity index (χ1v) is 21.8. The number of ether oxygens (including phenoxy) is 3. The SMILES string of the molecule is CC/C=C\C/C=C\C/C=C\C/C=C\CCCCC(=O)OCC(COCCCCCCCC/C=C\CCCC)OC(=O)CCCCCCCCCCC. The molecule has 0 aliphatic rings. The van der Waals surface area contributed by atoms with E-state index in [0.717, 1.165) is 70.6 Å². The van der Waals surface area contributed by atoms with Gasteiger partial charge in [0.2, 0.25) is 0 Å². The van der Waals surface area contributed by atoms with E-state index in [4.69, 9.17) is 14.2 Å². The van der Waals surface area contributed by atoms with Crippen LogP contribution in [0.3, 0.4) is 0 Å². The van der Waals surface area contributed by atoms with Gasteiger partial charge < -0.3 is 14.2 Å². The van der Waals surface area contributed by atoms with E-state index in [2.05, 4.69) is 81.5 Å². The van der Waals surface area contributed by atoms with Gasteiger partial charge in [0.05, 0.1) is 6.61 Å². The van der Waals surface area contributed by atoms with Crippen LogP contribution in [0.1, 0.15) is 201 Å². The average Bonchev–Trinajstić information content (AvgIpc) is 3.14. The molecule has 0 saturated carbocycles. The highest BCUT2D eigenvalue weighted by Gasteiger charge is 2.17. The average molecular weight is 727 g/mol. The van der Waals surface area contributed by atoms with E-state index in [1.807, 2.05) is 0 Å². The summed E-state index contributed by atoms with van der Waals surface area (Å²) in [5.41, 5.74) is 0. The molecule has 0 radical (unpaired) electrons. The molecule has 52 heavy (non-hydrogen) atoms. The predicted octanol–water partition coefficient (Wildman–Crippen LogP) is 14.2. The van der Waals surface area contributed by atoms with Crippen LogP contribution >= 0.6 is 0 Å². The van der Waals surface area contributed by atoms with Gasteiger partial charge in [-0.1, -0.05) is 171 Å². The minimum absolute atomic E-state index is 0.0616. The Bertz CT molecular complexity index is 915. The third kappa shape index (κ3) is 40.4. The van der Waals surface area contributed by atoms with Gasteiger partial charge >= 0.3 is 11.9 Å². The van der Waals surface area contributed by atoms with E-state index >= 15 is 0 Å². The van der Waals surface area contributed by atoms with Gasteiger partial charge in [0.25, 0.3) is 0 Å². The summed E-state index contributed by atoms with van der Waals surface area (Å²) in [7, 11) is 0. The van der Waals surface area contributed by atoms with Crippen molar-refractivity contribution in [3.63, 3.8) is 0 Å². The van der Waals surface area contributed by atoms with Crippen molar-refractivity contribution in [2.75, 3.05) is 19.8 Å². The van der Waals surface area contributed by atoms with Crippen molar-refractivity contribution < 1.29 is 23.8 Å². The van der Waals surface area contributed by atoms with E-state index < -0.39 is 6.10 Å². The van der Waals surface area contributed by atoms with Crippen molar-refractivity contribution in [2.45, 2.75) is 207 Å². The third-order valence-corrected chi connectivity index (χ3v) is 9.04. The number of hydrogen-bond acceptors (Lipinski definition) is 5. The molecule has 0 N–H and O–H groups in total. The van der Waals surface area contributed by atoms with Crippen LogP contribution in [0.15, 0.2) is 60.8 Å². The minimum Gasteiger partial charge on any atom is -0.462 e. The van der Waals surface area contributed by atoms with E-state index in [0.29, 0.717) is 19.4 Å². The van der Waals surface area contributed by atoms with Gasteiger partial charge in [0, 0.05) is 19.4 Å². The number of hydrogen-bond donors (Lipinski definition) is 0. The highest BCUT2D eigenvalue weighted by atomic mass is 16.6. The van der Waals surface area contributed by atoms with Crippen molar-refractivity contribution in [1.29, 1.82) is 0 Å². The smallest absolute Gasteiger partial charge is 0.306 e. The molecular weight excluding hydrogens is 645 g/mol. The lowest BCUT2D eigenvalue weighted by Crippen LogP contribution is -2.30. The van der Waals surface area contributed by atoms with Gasteiger partial charge in [0.15, 0.2) is 6.10 Å². The van der Waals surface area contributed by atoms with E-state index in [9.17, 15) is 9.59 Å². The summed E-state index contributed by atoms with van der Waals surface area (Å²) in [5, 5.41) is 0. The number of carbonyl (C=O) groups is 2. The Morgan fingerprint density at radius 1 is 0.442 bits per heavy atom. The first kappa shape index (κ1) is 49.6. The molecule has 1 unspecified atom stereocenters. The lowest BCUT2D eigenvalue weighted by atomic mass is 10.1. The van der Waals surface area contributed by atoms with Gasteiger partial charge in [0.1, 0.15) is 6.61 Å². The quantitative estimate of drug-likeness (QED) is 0.0358. The zero-order valence-electron chi connectivity index (χ0n) is 34.3. The topological polar surface area (TPSA) is 61.8 Å². The van der Waals surface area contributed by atoms with Gasteiger partial charge in [-0.15, -0.1) is 0 Å². The summed E-state index contributed by atoms with van der Waals surface area (Å²) < 4.78 is 17.2. The van der Waals surface area contributed by atoms with E-state index in [1.54, 1.807) is 0 Å². The van der Waals surface area contributed by atoms with Crippen LogP contribution < -0.4 is 0 Å². The van der Waals surface area contributed by atoms with Crippen LogP contribution in [-0.4, -0.2) is 37.9 Å². The number of unbranched alkanes of at least 4 members (excludes halogenated alkanes) is 18. The monoisotopic (exact) mass is 727 g/mol. The van der Waals surface area contributed by atoms with Gasteiger partial charge in [-0.25, -0.2) is 0 Å². The van der Waals surface area contributed by atoms with Crippen LogP contribution in [0.5, 0.6) is 0 Å². The van der Waals surface area contributed by atoms with Crippen molar-refractivity contribution in [3.05, 3.63) is 60.8 Å². The summed E-state index contributed by atoms with van der Waals surface area (Å²) in [6, 6.07) is 0. The summed E-state index contributed by atoms with van der Waals surface area (Å²) in [6.07, 6.45) is 52.2. The molecule has 0 spiro atoms. The lowest BCUT2D eigenvalue weighted by molar-refractivity contribution is -0.163. The van der Waals surface area contributed by atoms with E-state index in [1.165, 1.54) is 96.3 Å². The Kier molecular flexibility index (Phi) is 41.0. The maximum atomic E-state index is 12.6. The van der Waals surface area contributed by atoms with Gasteiger partial charge in [-0.3, -0.25) is 9.59 Å². The van der Waals surface area contributed by atoms with Crippen LogP contribution in [0.25, 0.3) is 0 Å². The molecule has 0 aliphatic heterocycles. The molecule has 0 amide bonds. The molecule has 300 valence electrons. The van der Waals surface area contributed by atoms with Crippen LogP contribution in [-0.2, 0) is 23.8 Å². The Hall–Kier alpha value is -2.40. The van der Waals surface area contributed by atoms with Gasteiger partial charge in [-0.2, -0.15) is 0 Å². The van der Waals surface area contributed by atoms with Crippen molar-refractivity contribution in [3.8, 4) is 0 Å². The van der Waals surface area contributed by atoms with Crippen LogP contribution in [0, 0.1) is 0 Å². The third-order valence-electron chi connectivity index (χ3n) is 9.04. The van der Waals surface area contributed by atoms with Gasteiger partial charge in [-0.05, 0) is 77.0 Å². The number of allylic oxidation sites excluding steroid dienone is 10. The van der Waals surface area contributed by atoms with Crippen LogP contribution in [0.2, 0.25) is 0 Å². The number of rotatable bonds is 39. The molecule has 5 nitrogen and oxygen atoms in total. The summed E-state index contributed by atoms with van der Waals surface area (Å²) in [5.74, 6) is -0.452. The fourth-order valence-corrected chi connectivity index (χ4v) is 5.77. The minimum atomic E-state index is -0.551. The maximum absolute atomic E-state index is 12.6. The fourth-order valence-electron chi connectivity index (χ4n) is 5.77. The molecule has 0 bridgehead atoms. The summed E-state index contributed by atoms with van der Waals surface area (Å²) in [4.78, 5) is 25.1. The highest BCUT2D eigenvalue weighted by Crippen LogP contribution is 2.13. The standard InChI is InChI=1S/C47H82O5/c1-4-7-10-13-16-19-21-23-24-25-26-29-31-34-37-40-46(48)51-44-45(52-47(49)41-38-35-32-28-18-15-12-9-6-3)43-50-42-39-36-33-30-27-22-20-17-14-11-8-5-2/h7,10,14,16-17,19,23-24,26,29,45H,4-6,8-9,11-13,15,18,20-22,25,27-28,30-44H2,1-3H3/b10-7-,17-14-,19-16-,24-23-,29-26-. The van der Waals surface area contributed by atoms with Crippen molar-refractivity contribution in [2.24, 2.45) is 0 Å². The largest absolute Gasteiger partial charge is 0.462 e. The first-order chi connectivity index (χ1) is 25.6. The van der Waals surface area contributed by atoms with Crippen molar-refractivity contribution >= 4 is 11.9 Å². The molecule has 1 atom stereocenters. The maximum Gasteiger partial charge on any atom is 0.306 e. The Morgan fingerprint density at radius 2 is 0.885 bits per heavy atom. The molecule has 0 aliphatic carbocycles. The Balaban J connectivity index is 4.30. The molecule has 0 aromatic rings. The van der Waals surface area contributed by atoms with Crippen LogP contribution in [0.4, 0.5) is 0 Å². The second-order valence-electron chi connectivity index (χ2n) is 14.2. The van der Waals surface area contributed by atoms with E-state index in [-0.39, 0.29) is 25.2 Å². The molecule has 0 saturated heterocycles. The highest BCUT2D eigenvalue weighted by molar-refractivity contribution is 5.70. The summed E-state index contributed by atoms with van der Waals surface area (Å²) >= 11 is 0. The van der Waals surface area contributed by atoms with Crippen molar-refractivity contribution in [1.82, 2.24) is 0 Å². The fraction of sp³-hybridized carbons (Fsp3) is 0.745. The number of carbonyl (C=O) groups excluding carboxylic acids is 2. The molecule has 0 aromatic heterocycles. The molecule has 0 aromatic carbocycles. The molecule has 0 fully saturated rings. The Labute approximate surface area is 322 Å². The Morgan fingerprint density at radius 3 is 1.50 bits per heavy atom. The lowest BCUT2D eigenvalue weighted by Gasteiger charge is -2.18. The predicted molar refractivity (Wildman–Crippen MR) is 224 cm³/mol. The second-order valence-corrected chi connectivity index (χ2v) is 14.2. The summed E-state index contributed by atoms with van der Waals surface area (Å²) in [6.45, 7) is 7.60. The normalized spacial score (nSPS) is 12.8. The number of esters is 2. The molecular formula is C47H82O5. The molecule has 0 heterocycles. The first-order valence-electron chi connectivity index (χ1n) is 21.8. The zero-order chi connectivity index (χ0) is 37.8. The molecule has 5 heteroatoms. The zero-order valence-corrected chi connectivity index (χ0v) is 34.3.